The molecular weight excluding hydrogens is 288 g/mol. The van der Waals surface area contributed by atoms with E-state index in [2.05, 4.69) is 22.2 Å². The van der Waals surface area contributed by atoms with Crippen LogP contribution in [-0.2, 0) is 4.79 Å². The standard InChI is InChI=1S/C14H18N4O4/c1-9(19)15-11-5-14-13(6-12(11)18(20)21)17-4-3-16(2)7-10(17)8-22-14/h5-6,10H,3-4,7-8H2,1-2H3,(H,15,19)/t10-/m0/s1. The molecule has 22 heavy (non-hydrogen) atoms. The number of piperazine rings is 1. The lowest BCUT2D eigenvalue weighted by Gasteiger charge is -2.44. The number of carbonyl (C=O) groups excluding carboxylic acids is 1. The van der Waals surface area contributed by atoms with Gasteiger partial charge in [-0.25, -0.2) is 0 Å². The average Bonchev–Trinajstić information content (AvgIpc) is 2.45. The zero-order valence-corrected chi connectivity index (χ0v) is 12.5. The number of hydrogen-bond acceptors (Lipinski definition) is 6. The predicted octanol–water partition coefficient (Wildman–Crippen LogP) is 1.07. The second-order valence-electron chi connectivity index (χ2n) is 5.70. The lowest BCUT2D eigenvalue weighted by Crippen LogP contribution is -2.56. The first-order chi connectivity index (χ1) is 10.5. The number of fused-ring (bicyclic) bond motifs is 3. The first-order valence-corrected chi connectivity index (χ1v) is 7.13. The first-order valence-electron chi connectivity index (χ1n) is 7.13. The molecule has 118 valence electrons. The normalized spacial score (nSPS) is 20.6. The Bertz CT molecular complexity index is 634. The van der Waals surface area contributed by atoms with E-state index in [0.717, 1.165) is 25.3 Å². The molecule has 0 aromatic heterocycles. The molecule has 0 spiro atoms. The Morgan fingerprint density at radius 2 is 2.23 bits per heavy atom. The third-order valence-electron chi connectivity index (χ3n) is 4.01. The summed E-state index contributed by atoms with van der Waals surface area (Å²) in [7, 11) is 2.05. The van der Waals surface area contributed by atoms with Crippen molar-refractivity contribution in [2.24, 2.45) is 0 Å². The number of hydrogen-bond donors (Lipinski definition) is 1. The van der Waals surface area contributed by atoms with Crippen LogP contribution in [0.2, 0.25) is 0 Å². The van der Waals surface area contributed by atoms with Gasteiger partial charge in [-0.05, 0) is 7.05 Å². The number of nitrogens with zero attached hydrogens (tertiary/aromatic N) is 3. The van der Waals surface area contributed by atoms with Gasteiger partial charge in [-0.15, -0.1) is 0 Å². The molecule has 1 amide bonds. The highest BCUT2D eigenvalue weighted by atomic mass is 16.6. The van der Waals surface area contributed by atoms with E-state index < -0.39 is 4.92 Å². The van der Waals surface area contributed by atoms with Gasteiger partial charge in [0.15, 0.2) is 0 Å². The lowest BCUT2D eigenvalue weighted by molar-refractivity contribution is -0.383. The van der Waals surface area contributed by atoms with Gasteiger partial charge in [0.25, 0.3) is 5.69 Å². The number of carbonyl (C=O) groups is 1. The average molecular weight is 306 g/mol. The molecule has 8 heteroatoms. The third-order valence-corrected chi connectivity index (χ3v) is 4.01. The van der Waals surface area contributed by atoms with Crippen LogP contribution in [0, 0.1) is 10.1 Å². The number of likely N-dealkylation sites (N-methyl/N-ethyl adjacent to an activating group) is 1. The number of nitrogens with one attached hydrogen (secondary N) is 1. The number of ether oxygens (including phenoxy) is 1. The third kappa shape index (κ3) is 2.57. The van der Waals surface area contributed by atoms with E-state index >= 15 is 0 Å². The summed E-state index contributed by atoms with van der Waals surface area (Å²) in [5.41, 5.74) is 0.783. The molecule has 1 saturated heterocycles. The van der Waals surface area contributed by atoms with Gasteiger partial charge in [0.2, 0.25) is 5.91 Å². The molecule has 0 saturated carbocycles. The number of amides is 1. The maximum absolute atomic E-state index is 11.3. The highest BCUT2D eigenvalue weighted by Crippen LogP contribution is 2.42. The van der Waals surface area contributed by atoms with Crippen LogP contribution in [0.3, 0.4) is 0 Å². The molecule has 0 aliphatic carbocycles. The minimum absolute atomic E-state index is 0.114. The van der Waals surface area contributed by atoms with Gasteiger partial charge in [0, 0.05) is 38.7 Å². The van der Waals surface area contributed by atoms with Crippen molar-refractivity contribution in [2.75, 3.05) is 43.5 Å². The Morgan fingerprint density at radius 1 is 1.45 bits per heavy atom. The fourth-order valence-corrected chi connectivity index (χ4v) is 2.99. The summed E-state index contributed by atoms with van der Waals surface area (Å²) in [6, 6.07) is 3.24. The van der Waals surface area contributed by atoms with Gasteiger partial charge in [-0.1, -0.05) is 0 Å². The van der Waals surface area contributed by atoms with Gasteiger partial charge in [0.1, 0.15) is 18.0 Å². The molecule has 0 unspecified atom stereocenters. The Labute approximate surface area is 127 Å². The van der Waals surface area contributed by atoms with Crippen molar-refractivity contribution < 1.29 is 14.5 Å². The number of benzene rings is 1. The highest BCUT2D eigenvalue weighted by Gasteiger charge is 2.34. The van der Waals surface area contributed by atoms with Crippen LogP contribution in [0.5, 0.6) is 5.75 Å². The van der Waals surface area contributed by atoms with Crippen LogP contribution in [-0.4, -0.2) is 55.1 Å². The van der Waals surface area contributed by atoms with E-state index in [-0.39, 0.29) is 23.3 Å². The summed E-state index contributed by atoms with van der Waals surface area (Å²) >= 11 is 0. The van der Waals surface area contributed by atoms with Crippen LogP contribution in [0.1, 0.15) is 6.92 Å². The molecule has 2 aliphatic rings. The maximum atomic E-state index is 11.3. The molecule has 1 atom stereocenters. The van der Waals surface area contributed by atoms with Gasteiger partial charge in [-0.2, -0.15) is 0 Å². The molecule has 0 radical (unpaired) electrons. The molecule has 1 N–H and O–H groups in total. The van der Waals surface area contributed by atoms with Crippen molar-refractivity contribution in [3.05, 3.63) is 22.2 Å². The quantitative estimate of drug-likeness (QED) is 0.649. The minimum atomic E-state index is -0.481. The van der Waals surface area contributed by atoms with E-state index in [1.165, 1.54) is 13.0 Å². The SMILES string of the molecule is CC(=O)Nc1cc2c(cc1[N+](=O)[O-])N1CCN(C)C[C@H]1CO2. The number of nitro benzene ring substituents is 1. The summed E-state index contributed by atoms with van der Waals surface area (Å²) in [5, 5.41) is 13.8. The Morgan fingerprint density at radius 3 is 2.91 bits per heavy atom. The molecule has 3 rings (SSSR count). The zero-order chi connectivity index (χ0) is 15.9. The van der Waals surface area contributed by atoms with Crippen molar-refractivity contribution in [3.63, 3.8) is 0 Å². The zero-order valence-electron chi connectivity index (χ0n) is 12.5. The van der Waals surface area contributed by atoms with E-state index in [9.17, 15) is 14.9 Å². The molecule has 8 nitrogen and oxygen atoms in total. The Kier molecular flexibility index (Phi) is 3.61. The fraction of sp³-hybridized carbons (Fsp3) is 0.500. The number of rotatable bonds is 2. The molecule has 2 aliphatic heterocycles. The summed E-state index contributed by atoms with van der Waals surface area (Å²) in [6.07, 6.45) is 0. The first kappa shape index (κ1) is 14.6. The second-order valence-corrected chi connectivity index (χ2v) is 5.70. The van der Waals surface area contributed by atoms with Crippen molar-refractivity contribution >= 4 is 23.0 Å². The second kappa shape index (κ2) is 5.45. The minimum Gasteiger partial charge on any atom is -0.489 e. The Balaban J connectivity index is 2.02. The molecule has 1 aromatic carbocycles. The Hall–Kier alpha value is -2.35. The van der Waals surface area contributed by atoms with Crippen LogP contribution >= 0.6 is 0 Å². The maximum Gasteiger partial charge on any atom is 0.295 e. The van der Waals surface area contributed by atoms with E-state index in [1.807, 2.05) is 0 Å². The predicted molar refractivity (Wildman–Crippen MR) is 81.5 cm³/mol. The topological polar surface area (TPSA) is 87.9 Å². The highest BCUT2D eigenvalue weighted by molar-refractivity contribution is 5.93. The molecule has 0 bridgehead atoms. The molecule has 2 heterocycles. The van der Waals surface area contributed by atoms with Crippen LogP contribution < -0.4 is 15.0 Å². The molecule has 1 aromatic rings. The van der Waals surface area contributed by atoms with E-state index in [0.29, 0.717) is 12.4 Å². The van der Waals surface area contributed by atoms with Gasteiger partial charge >= 0.3 is 0 Å². The monoisotopic (exact) mass is 306 g/mol. The smallest absolute Gasteiger partial charge is 0.295 e. The van der Waals surface area contributed by atoms with Crippen molar-refractivity contribution in [2.45, 2.75) is 13.0 Å². The summed E-state index contributed by atoms with van der Waals surface area (Å²) in [5.74, 6) is 0.228. The van der Waals surface area contributed by atoms with Crippen molar-refractivity contribution in [3.8, 4) is 5.75 Å². The number of anilines is 2. The van der Waals surface area contributed by atoms with Crippen molar-refractivity contribution in [1.82, 2.24) is 4.90 Å². The van der Waals surface area contributed by atoms with Gasteiger partial charge < -0.3 is 19.9 Å². The summed E-state index contributed by atoms with van der Waals surface area (Å²) in [4.78, 5) is 26.4. The summed E-state index contributed by atoms with van der Waals surface area (Å²) in [6.45, 7) is 4.42. The van der Waals surface area contributed by atoms with E-state index in [1.54, 1.807) is 6.07 Å². The lowest BCUT2D eigenvalue weighted by atomic mass is 10.1. The molecular formula is C14H18N4O4. The van der Waals surface area contributed by atoms with E-state index in [4.69, 9.17) is 4.74 Å². The van der Waals surface area contributed by atoms with Gasteiger partial charge in [0.05, 0.1) is 16.7 Å². The number of nitro groups is 1. The van der Waals surface area contributed by atoms with Crippen molar-refractivity contribution in [1.29, 1.82) is 0 Å². The fourth-order valence-electron chi connectivity index (χ4n) is 2.99. The van der Waals surface area contributed by atoms with Crippen LogP contribution in [0.4, 0.5) is 17.1 Å². The van der Waals surface area contributed by atoms with Gasteiger partial charge in [-0.3, -0.25) is 14.9 Å². The largest absolute Gasteiger partial charge is 0.489 e. The summed E-state index contributed by atoms with van der Waals surface area (Å²) < 4.78 is 5.76. The molecule has 1 fully saturated rings. The van der Waals surface area contributed by atoms with Crippen LogP contribution in [0.25, 0.3) is 0 Å². The van der Waals surface area contributed by atoms with Crippen LogP contribution in [0.15, 0.2) is 12.1 Å².